The van der Waals surface area contributed by atoms with E-state index < -0.39 is 5.97 Å². The third-order valence-electron chi connectivity index (χ3n) is 4.57. The van der Waals surface area contributed by atoms with Crippen LogP contribution in [0, 0.1) is 0 Å². The summed E-state index contributed by atoms with van der Waals surface area (Å²) in [7, 11) is 2.77. The van der Waals surface area contributed by atoms with Gasteiger partial charge in [0.1, 0.15) is 0 Å². The smallest absolute Gasteiger partial charge is 0.337 e. The van der Waals surface area contributed by atoms with Gasteiger partial charge in [-0.15, -0.1) is 0 Å². The quantitative estimate of drug-likeness (QED) is 0.739. The number of nitrogens with zero attached hydrogens (tertiary/aromatic N) is 1. The van der Waals surface area contributed by atoms with E-state index in [4.69, 9.17) is 9.47 Å². The molecule has 2 aromatic carbocycles. The Bertz CT molecular complexity index is 829. The van der Waals surface area contributed by atoms with Gasteiger partial charge in [-0.25, -0.2) is 4.79 Å². The minimum atomic E-state index is -0.472. The number of nitrogens with one attached hydrogen (secondary N) is 1. The molecule has 1 N–H and O–H groups in total. The lowest BCUT2D eigenvalue weighted by molar-refractivity contribution is -0.118. The van der Waals surface area contributed by atoms with Crippen LogP contribution in [-0.4, -0.2) is 45.8 Å². The number of carbonyl (C=O) groups excluding carboxylic acids is 2. The molecule has 7 heteroatoms. The molecular formula is C21H24N2O5. The van der Waals surface area contributed by atoms with Crippen molar-refractivity contribution in [2.75, 3.05) is 44.1 Å². The predicted octanol–water partition coefficient (Wildman–Crippen LogP) is 3.10. The topological polar surface area (TPSA) is 77.1 Å². The number of methoxy groups -OCH3 is 2. The van der Waals surface area contributed by atoms with E-state index in [9.17, 15) is 9.59 Å². The van der Waals surface area contributed by atoms with Crippen LogP contribution < -0.4 is 19.7 Å². The van der Waals surface area contributed by atoms with Crippen LogP contribution in [0.1, 0.15) is 23.2 Å². The minimum Gasteiger partial charge on any atom is -0.493 e. The lowest BCUT2D eigenvalue weighted by Gasteiger charge is -2.17. The van der Waals surface area contributed by atoms with Crippen molar-refractivity contribution < 1.29 is 23.8 Å². The van der Waals surface area contributed by atoms with Gasteiger partial charge in [-0.1, -0.05) is 0 Å². The maximum atomic E-state index is 12.2. The summed E-state index contributed by atoms with van der Waals surface area (Å²) in [6.45, 7) is 1.98. The number of rotatable bonds is 7. The molecule has 0 aromatic heterocycles. The van der Waals surface area contributed by atoms with Gasteiger partial charge in [0.15, 0.2) is 18.1 Å². The van der Waals surface area contributed by atoms with Crippen molar-refractivity contribution in [1.29, 1.82) is 0 Å². The average Bonchev–Trinajstić information content (AvgIpc) is 3.27. The van der Waals surface area contributed by atoms with E-state index in [2.05, 4.69) is 15.0 Å². The Balaban J connectivity index is 1.56. The van der Waals surface area contributed by atoms with Gasteiger partial charge in [0.2, 0.25) is 0 Å². The fourth-order valence-electron chi connectivity index (χ4n) is 3.10. The van der Waals surface area contributed by atoms with Gasteiger partial charge in [0.05, 0.1) is 19.8 Å². The Morgan fingerprint density at radius 2 is 1.71 bits per heavy atom. The molecule has 2 aromatic rings. The molecule has 1 aliphatic rings. The molecule has 28 heavy (non-hydrogen) atoms. The highest BCUT2D eigenvalue weighted by atomic mass is 16.5. The molecule has 0 unspecified atom stereocenters. The van der Waals surface area contributed by atoms with E-state index in [1.54, 1.807) is 12.1 Å². The van der Waals surface area contributed by atoms with Crippen LogP contribution in [0.15, 0.2) is 42.5 Å². The fraction of sp³-hybridized carbons (Fsp3) is 0.333. The zero-order valence-electron chi connectivity index (χ0n) is 16.1. The summed E-state index contributed by atoms with van der Waals surface area (Å²) in [5, 5.41) is 2.81. The number of anilines is 2. The van der Waals surface area contributed by atoms with Gasteiger partial charge >= 0.3 is 5.97 Å². The first-order valence-electron chi connectivity index (χ1n) is 9.14. The van der Waals surface area contributed by atoms with Gasteiger partial charge in [-0.2, -0.15) is 0 Å². The van der Waals surface area contributed by atoms with E-state index >= 15 is 0 Å². The molecule has 0 saturated carbocycles. The van der Waals surface area contributed by atoms with Crippen LogP contribution in [0.3, 0.4) is 0 Å². The van der Waals surface area contributed by atoms with Gasteiger partial charge in [-0.3, -0.25) is 4.79 Å². The molecule has 1 fully saturated rings. The Labute approximate surface area is 164 Å². The molecule has 0 spiro atoms. The zero-order chi connectivity index (χ0) is 19.9. The van der Waals surface area contributed by atoms with Crippen molar-refractivity contribution >= 4 is 23.3 Å². The SMILES string of the molecule is COC(=O)c1ccc(OCC(=O)Nc2ccc(N3CCCC3)cc2)c(OC)c1. The van der Waals surface area contributed by atoms with Crippen LogP contribution >= 0.6 is 0 Å². The highest BCUT2D eigenvalue weighted by Crippen LogP contribution is 2.28. The molecule has 1 aliphatic heterocycles. The maximum absolute atomic E-state index is 12.2. The van der Waals surface area contributed by atoms with Crippen molar-refractivity contribution in [3.63, 3.8) is 0 Å². The molecular weight excluding hydrogens is 360 g/mol. The third kappa shape index (κ3) is 4.73. The van der Waals surface area contributed by atoms with Gasteiger partial charge in [0.25, 0.3) is 5.91 Å². The Hall–Kier alpha value is -3.22. The van der Waals surface area contributed by atoms with Crippen LogP contribution in [-0.2, 0) is 9.53 Å². The van der Waals surface area contributed by atoms with Crippen molar-refractivity contribution in [2.45, 2.75) is 12.8 Å². The molecule has 0 atom stereocenters. The van der Waals surface area contributed by atoms with Gasteiger partial charge < -0.3 is 24.4 Å². The summed E-state index contributed by atoms with van der Waals surface area (Å²) in [5.41, 5.74) is 2.22. The van der Waals surface area contributed by atoms with Gasteiger partial charge in [-0.05, 0) is 55.3 Å². The van der Waals surface area contributed by atoms with Crippen LogP contribution in [0.25, 0.3) is 0 Å². The molecule has 1 saturated heterocycles. The van der Waals surface area contributed by atoms with Crippen molar-refractivity contribution in [3.05, 3.63) is 48.0 Å². The zero-order valence-corrected chi connectivity index (χ0v) is 16.1. The Morgan fingerprint density at radius 1 is 1.00 bits per heavy atom. The molecule has 148 valence electrons. The fourth-order valence-corrected chi connectivity index (χ4v) is 3.10. The third-order valence-corrected chi connectivity index (χ3v) is 4.57. The minimum absolute atomic E-state index is 0.179. The summed E-state index contributed by atoms with van der Waals surface area (Å²) in [6.07, 6.45) is 2.44. The van der Waals surface area contributed by atoms with E-state index in [0.29, 0.717) is 22.7 Å². The highest BCUT2D eigenvalue weighted by molar-refractivity contribution is 5.92. The lowest BCUT2D eigenvalue weighted by atomic mass is 10.2. The summed E-state index contributed by atoms with van der Waals surface area (Å²) < 4.78 is 15.4. The second kappa shape index (κ2) is 9.12. The molecule has 0 bridgehead atoms. The van der Waals surface area contributed by atoms with E-state index in [0.717, 1.165) is 13.1 Å². The summed E-state index contributed by atoms with van der Waals surface area (Å²) >= 11 is 0. The van der Waals surface area contributed by atoms with Crippen molar-refractivity contribution in [3.8, 4) is 11.5 Å². The molecule has 3 rings (SSSR count). The Morgan fingerprint density at radius 3 is 2.36 bits per heavy atom. The number of carbonyl (C=O) groups is 2. The average molecular weight is 384 g/mol. The first kappa shape index (κ1) is 19.5. The number of hydrogen-bond donors (Lipinski definition) is 1. The van der Waals surface area contributed by atoms with Crippen LogP contribution in [0.5, 0.6) is 11.5 Å². The first-order chi connectivity index (χ1) is 13.6. The van der Waals surface area contributed by atoms with Crippen LogP contribution in [0.2, 0.25) is 0 Å². The van der Waals surface area contributed by atoms with E-state index in [1.807, 2.05) is 24.3 Å². The monoisotopic (exact) mass is 384 g/mol. The van der Waals surface area contributed by atoms with Crippen molar-refractivity contribution in [2.24, 2.45) is 0 Å². The summed E-state index contributed by atoms with van der Waals surface area (Å²) in [5.74, 6) is -0.0339. The molecule has 0 radical (unpaired) electrons. The maximum Gasteiger partial charge on any atom is 0.337 e. The van der Waals surface area contributed by atoms with E-state index in [1.165, 1.54) is 38.8 Å². The molecule has 0 aliphatic carbocycles. The summed E-state index contributed by atoms with van der Waals surface area (Å²) in [4.78, 5) is 26.1. The number of ether oxygens (including phenoxy) is 3. The standard InChI is InChI=1S/C21H24N2O5/c1-26-19-13-15(21(25)27-2)5-10-18(19)28-14-20(24)22-16-6-8-17(9-7-16)23-11-3-4-12-23/h5-10,13H,3-4,11-12,14H2,1-2H3,(H,22,24). The van der Waals surface area contributed by atoms with Crippen molar-refractivity contribution in [1.82, 2.24) is 0 Å². The second-order valence-electron chi connectivity index (χ2n) is 6.44. The number of esters is 1. The van der Waals surface area contributed by atoms with Crippen LogP contribution in [0.4, 0.5) is 11.4 Å². The summed E-state index contributed by atoms with van der Waals surface area (Å²) in [6, 6.07) is 12.4. The van der Waals surface area contributed by atoms with E-state index in [-0.39, 0.29) is 12.5 Å². The number of hydrogen-bond acceptors (Lipinski definition) is 6. The highest BCUT2D eigenvalue weighted by Gasteiger charge is 2.14. The second-order valence-corrected chi connectivity index (χ2v) is 6.44. The first-order valence-corrected chi connectivity index (χ1v) is 9.14. The Kier molecular flexibility index (Phi) is 6.37. The lowest BCUT2D eigenvalue weighted by Crippen LogP contribution is -2.21. The largest absolute Gasteiger partial charge is 0.493 e. The molecule has 1 heterocycles. The number of amides is 1. The number of benzene rings is 2. The predicted molar refractivity (Wildman–Crippen MR) is 106 cm³/mol. The normalized spacial score (nSPS) is 13.1. The van der Waals surface area contributed by atoms with Gasteiger partial charge in [0, 0.05) is 24.5 Å². The molecule has 7 nitrogen and oxygen atoms in total. The molecule has 1 amide bonds.